The third-order valence-corrected chi connectivity index (χ3v) is 1.00. The van der Waals surface area contributed by atoms with Gasteiger partial charge in [0.15, 0.2) is 0 Å². The van der Waals surface area contributed by atoms with E-state index < -0.39 is 16.5 Å². The van der Waals surface area contributed by atoms with Gasteiger partial charge in [-0.1, -0.05) is 0 Å². The quantitative estimate of drug-likeness (QED) is 0.364. The molecular weight excluding hydrogens is 260 g/mol. The summed E-state index contributed by atoms with van der Waals surface area (Å²) in [4.78, 5) is 18.4. The smallest absolute Gasteiger partial charge is 0.781 e. The molecule has 2 atom stereocenters. The second kappa shape index (κ2) is 20.0. The van der Waals surface area contributed by atoms with Crippen molar-refractivity contribution in [1.82, 2.24) is 0 Å². The molecule has 0 saturated carbocycles. The van der Waals surface area contributed by atoms with Gasteiger partial charge in [0.25, 0.3) is 0 Å². The molecule has 0 rings (SSSR count). The Labute approximate surface area is 158 Å². The minimum atomic E-state index is -2.87. The van der Waals surface area contributed by atoms with E-state index in [1.54, 1.807) is 0 Å². The first-order valence-corrected chi connectivity index (χ1v) is 4.49. The standard InChI is InChI=1S/2CH5O3P.2K/c2*1-4-5(2)3;;/h2*5H,1H3,(H,2,3);;/q;;2*+1/p-2. The summed E-state index contributed by atoms with van der Waals surface area (Å²) in [5.74, 6) is 0. The van der Waals surface area contributed by atoms with Crippen molar-refractivity contribution in [3.05, 3.63) is 0 Å². The zero-order valence-corrected chi connectivity index (χ0v) is 15.7. The second-order valence-corrected chi connectivity index (χ2v) is 2.72. The van der Waals surface area contributed by atoms with E-state index >= 15 is 0 Å². The van der Waals surface area contributed by atoms with Crippen molar-refractivity contribution in [1.29, 1.82) is 0 Å². The van der Waals surface area contributed by atoms with Crippen molar-refractivity contribution < 1.29 is 131 Å². The Morgan fingerprint density at radius 1 is 0.917 bits per heavy atom. The molecule has 0 amide bonds. The fourth-order valence-corrected chi connectivity index (χ4v) is 0. The molecule has 0 aromatic heterocycles. The Bertz CT molecular complexity index is 106. The van der Waals surface area contributed by atoms with E-state index in [1.807, 2.05) is 0 Å². The first-order chi connectivity index (χ1) is 4.54. The summed E-state index contributed by atoms with van der Waals surface area (Å²) in [5, 5.41) is 0. The van der Waals surface area contributed by atoms with Gasteiger partial charge in [-0.2, -0.15) is 0 Å². The van der Waals surface area contributed by atoms with Crippen LogP contribution in [0, 0.1) is 0 Å². The van der Waals surface area contributed by atoms with E-state index in [0.29, 0.717) is 0 Å². The molecule has 0 spiro atoms. The monoisotopic (exact) mass is 268 g/mol. The van der Waals surface area contributed by atoms with Crippen LogP contribution >= 0.6 is 16.5 Å². The van der Waals surface area contributed by atoms with Crippen LogP contribution in [0.4, 0.5) is 0 Å². The minimum Gasteiger partial charge on any atom is -0.781 e. The summed E-state index contributed by atoms with van der Waals surface area (Å²) in [7, 11) is -3.51. The SMILES string of the molecule is CO[PH](=O)[O-].CO[PH](=O)[O-].[K+].[K+]. The molecule has 0 aromatic rings. The average molecular weight is 268 g/mol. The van der Waals surface area contributed by atoms with E-state index in [2.05, 4.69) is 9.05 Å². The molecule has 0 aliphatic carbocycles. The molecule has 6 nitrogen and oxygen atoms in total. The van der Waals surface area contributed by atoms with Crippen LogP contribution in [0.3, 0.4) is 0 Å². The summed E-state index contributed by atoms with van der Waals surface area (Å²) >= 11 is 0. The van der Waals surface area contributed by atoms with Gasteiger partial charge in [-0.05, 0) is 0 Å². The maximum absolute atomic E-state index is 9.22. The number of hydrogen-bond donors (Lipinski definition) is 0. The molecule has 0 aliphatic rings. The van der Waals surface area contributed by atoms with Gasteiger partial charge in [-0.25, -0.2) is 0 Å². The van der Waals surface area contributed by atoms with E-state index in [1.165, 1.54) is 0 Å². The Morgan fingerprint density at radius 2 is 1.00 bits per heavy atom. The maximum Gasteiger partial charge on any atom is 1.00 e. The normalized spacial score (nSPS) is 12.3. The van der Waals surface area contributed by atoms with E-state index in [-0.39, 0.29) is 103 Å². The van der Waals surface area contributed by atoms with Gasteiger partial charge in [0.05, 0.1) is 0 Å². The van der Waals surface area contributed by atoms with Crippen LogP contribution in [-0.4, -0.2) is 14.2 Å². The van der Waals surface area contributed by atoms with Crippen molar-refractivity contribution in [2.45, 2.75) is 0 Å². The van der Waals surface area contributed by atoms with Crippen LogP contribution in [-0.2, 0) is 18.2 Å². The summed E-state index contributed by atoms with van der Waals surface area (Å²) in [6.45, 7) is 0. The summed E-state index contributed by atoms with van der Waals surface area (Å²) in [5.41, 5.74) is 0. The number of rotatable bonds is 2. The minimum absolute atomic E-state index is 0. The van der Waals surface area contributed by atoms with Gasteiger partial charge in [0.2, 0.25) is 0 Å². The molecular formula is C2H8K2O6P2. The van der Waals surface area contributed by atoms with Gasteiger partial charge in [0.1, 0.15) is 16.5 Å². The zero-order chi connectivity index (χ0) is 8.57. The Balaban J connectivity index is -0.0000000457. The molecule has 0 bridgehead atoms. The average Bonchev–Trinajstić information content (AvgIpc) is 1.89. The largest absolute Gasteiger partial charge is 1.00 e. The van der Waals surface area contributed by atoms with Crippen LogP contribution < -0.4 is 113 Å². The molecule has 0 aliphatic heterocycles. The fraction of sp³-hybridized carbons (Fsp3) is 1.00. The van der Waals surface area contributed by atoms with Gasteiger partial charge in [-0.3, -0.25) is 0 Å². The van der Waals surface area contributed by atoms with Gasteiger partial charge in [0, 0.05) is 14.2 Å². The first-order valence-electron chi connectivity index (χ1n) is 2.04. The van der Waals surface area contributed by atoms with E-state index in [4.69, 9.17) is 0 Å². The molecule has 0 aromatic carbocycles. The zero-order valence-electron chi connectivity index (χ0n) is 7.45. The Hall–Kier alpha value is 3.57. The maximum atomic E-state index is 9.22. The molecule has 0 saturated heterocycles. The molecule has 0 heterocycles. The molecule has 12 heavy (non-hydrogen) atoms. The van der Waals surface area contributed by atoms with Crippen molar-refractivity contribution in [2.24, 2.45) is 0 Å². The predicted molar refractivity (Wildman–Crippen MR) is 32.0 cm³/mol. The molecule has 2 unspecified atom stereocenters. The first kappa shape index (κ1) is 24.7. The van der Waals surface area contributed by atoms with Crippen LogP contribution in [0.25, 0.3) is 0 Å². The van der Waals surface area contributed by atoms with Crippen molar-refractivity contribution in [3.63, 3.8) is 0 Å². The molecule has 0 N–H and O–H groups in total. The summed E-state index contributed by atoms with van der Waals surface area (Å²) in [6, 6.07) is 0. The molecule has 64 valence electrons. The topological polar surface area (TPSA) is 98.7 Å². The molecule has 0 fully saturated rings. The van der Waals surface area contributed by atoms with Crippen LogP contribution in [0.5, 0.6) is 0 Å². The molecule has 0 radical (unpaired) electrons. The number of hydrogen-bond acceptors (Lipinski definition) is 6. The third-order valence-electron chi connectivity index (χ3n) is 0.333. The van der Waals surface area contributed by atoms with Gasteiger partial charge < -0.3 is 28.0 Å². The Morgan fingerprint density at radius 3 is 1.00 bits per heavy atom. The fourth-order valence-electron chi connectivity index (χ4n) is 0. The van der Waals surface area contributed by atoms with Crippen molar-refractivity contribution >= 4 is 16.5 Å². The summed E-state index contributed by atoms with van der Waals surface area (Å²) in [6.07, 6.45) is 0. The third kappa shape index (κ3) is 37.4. The van der Waals surface area contributed by atoms with Crippen molar-refractivity contribution in [2.75, 3.05) is 14.2 Å². The van der Waals surface area contributed by atoms with Crippen LogP contribution in [0.15, 0.2) is 0 Å². The van der Waals surface area contributed by atoms with Crippen LogP contribution in [0.1, 0.15) is 0 Å². The predicted octanol–water partition coefficient (Wildman–Crippen LogP) is -7.23. The van der Waals surface area contributed by atoms with Crippen LogP contribution in [0.2, 0.25) is 0 Å². The van der Waals surface area contributed by atoms with E-state index in [9.17, 15) is 18.9 Å². The molecule has 10 heteroatoms. The van der Waals surface area contributed by atoms with E-state index in [0.717, 1.165) is 14.2 Å². The van der Waals surface area contributed by atoms with Gasteiger partial charge in [-0.15, -0.1) is 0 Å². The van der Waals surface area contributed by atoms with Gasteiger partial charge >= 0.3 is 103 Å². The van der Waals surface area contributed by atoms with Crippen molar-refractivity contribution in [3.8, 4) is 0 Å². The second-order valence-electron chi connectivity index (χ2n) is 0.908. The Kier molecular flexibility index (Phi) is 41.2. The summed E-state index contributed by atoms with van der Waals surface area (Å²) < 4.78 is 25.9.